The zero-order valence-corrected chi connectivity index (χ0v) is 17.5. The Bertz CT molecular complexity index is 1220. The highest BCUT2D eigenvalue weighted by molar-refractivity contribution is 7.90. The molecule has 148 valence electrons. The van der Waals surface area contributed by atoms with Crippen molar-refractivity contribution in [2.75, 3.05) is 11.6 Å². The topological polar surface area (TPSA) is 80.3 Å². The van der Waals surface area contributed by atoms with Crippen LogP contribution < -0.4 is 5.32 Å². The molecule has 0 aliphatic rings. The Morgan fingerprint density at radius 2 is 1.45 bits per heavy atom. The van der Waals surface area contributed by atoms with Gasteiger partial charge in [-0.25, -0.2) is 8.42 Å². The lowest BCUT2D eigenvalue weighted by molar-refractivity contribution is 0.102. The van der Waals surface area contributed by atoms with E-state index in [1.54, 1.807) is 30.3 Å². The van der Waals surface area contributed by atoms with E-state index < -0.39 is 21.5 Å². The van der Waals surface area contributed by atoms with Gasteiger partial charge >= 0.3 is 0 Å². The number of hydrogen-bond donors (Lipinski definition) is 1. The van der Waals surface area contributed by atoms with Gasteiger partial charge in [-0.2, -0.15) is 0 Å². The van der Waals surface area contributed by atoms with Crippen molar-refractivity contribution < 1.29 is 18.0 Å². The maximum atomic E-state index is 13.0. The van der Waals surface area contributed by atoms with Crippen molar-refractivity contribution in [3.05, 3.63) is 93.5 Å². The van der Waals surface area contributed by atoms with Crippen molar-refractivity contribution in [2.45, 2.75) is 4.90 Å². The maximum Gasteiger partial charge on any atom is 0.257 e. The largest absolute Gasteiger partial charge is 0.321 e. The molecule has 0 aliphatic carbocycles. The Kier molecular flexibility index (Phi) is 6.07. The Hall–Kier alpha value is -2.67. The highest BCUT2D eigenvalue weighted by Crippen LogP contribution is 2.27. The standard InChI is InChI=1S/C21H15Cl2NO4S/c1-29(27,28)19-9-5-3-7-15(19)21(26)24-18-11-10-13(22)12-16(18)20(25)14-6-2-4-8-17(14)23/h2-12H,1H3,(H,24,26). The minimum absolute atomic E-state index is 0.0268. The minimum atomic E-state index is -3.62. The van der Waals surface area contributed by atoms with E-state index in [4.69, 9.17) is 23.2 Å². The van der Waals surface area contributed by atoms with Gasteiger partial charge in [0.25, 0.3) is 5.91 Å². The summed E-state index contributed by atoms with van der Waals surface area (Å²) in [5, 5.41) is 3.17. The molecule has 0 fully saturated rings. The van der Waals surface area contributed by atoms with Gasteiger partial charge in [0.1, 0.15) is 0 Å². The van der Waals surface area contributed by atoms with Crippen molar-refractivity contribution in [2.24, 2.45) is 0 Å². The van der Waals surface area contributed by atoms with Gasteiger partial charge in [0.2, 0.25) is 0 Å². The normalized spacial score (nSPS) is 11.1. The molecule has 1 amide bonds. The number of nitrogens with one attached hydrogen (secondary N) is 1. The molecule has 3 aromatic rings. The van der Waals surface area contributed by atoms with E-state index in [2.05, 4.69) is 5.32 Å². The molecule has 3 rings (SSSR count). The summed E-state index contributed by atoms with van der Waals surface area (Å²) in [6.45, 7) is 0. The Morgan fingerprint density at radius 3 is 2.10 bits per heavy atom. The number of benzene rings is 3. The van der Waals surface area contributed by atoms with Crippen LogP contribution in [0.2, 0.25) is 10.0 Å². The first-order chi connectivity index (χ1) is 13.7. The number of rotatable bonds is 5. The third-order valence-electron chi connectivity index (χ3n) is 4.12. The van der Waals surface area contributed by atoms with Crippen LogP contribution in [0.5, 0.6) is 0 Å². The van der Waals surface area contributed by atoms with Gasteiger partial charge in [0, 0.05) is 22.4 Å². The summed E-state index contributed by atoms with van der Waals surface area (Å²) in [7, 11) is -3.62. The predicted molar refractivity (Wildman–Crippen MR) is 114 cm³/mol. The summed E-state index contributed by atoms with van der Waals surface area (Å²) < 4.78 is 24.0. The molecule has 29 heavy (non-hydrogen) atoms. The van der Waals surface area contributed by atoms with Crippen molar-refractivity contribution in [1.82, 2.24) is 0 Å². The fourth-order valence-corrected chi connectivity index (χ4v) is 4.05. The Balaban J connectivity index is 2.03. The fraction of sp³-hybridized carbons (Fsp3) is 0.0476. The molecule has 0 aliphatic heterocycles. The maximum absolute atomic E-state index is 13.0. The molecule has 0 saturated heterocycles. The van der Waals surface area contributed by atoms with Gasteiger partial charge in [-0.3, -0.25) is 9.59 Å². The summed E-state index contributed by atoms with van der Waals surface area (Å²) in [4.78, 5) is 25.7. The lowest BCUT2D eigenvalue weighted by Crippen LogP contribution is -2.18. The summed E-state index contributed by atoms with van der Waals surface area (Å²) in [5.74, 6) is -1.09. The van der Waals surface area contributed by atoms with E-state index in [1.807, 2.05) is 0 Å². The zero-order valence-electron chi connectivity index (χ0n) is 15.1. The number of ketones is 1. The highest BCUT2D eigenvalue weighted by Gasteiger charge is 2.21. The monoisotopic (exact) mass is 447 g/mol. The van der Waals surface area contributed by atoms with Crippen LogP contribution in [0.15, 0.2) is 71.6 Å². The fourth-order valence-electron chi connectivity index (χ4n) is 2.77. The van der Waals surface area contributed by atoms with Crippen LogP contribution >= 0.6 is 23.2 Å². The Labute approximate surface area is 178 Å². The molecule has 0 aromatic heterocycles. The summed E-state index contributed by atoms with van der Waals surface area (Å²) in [6, 6.07) is 16.8. The first-order valence-corrected chi connectivity index (χ1v) is 11.0. The smallest absolute Gasteiger partial charge is 0.257 e. The number of hydrogen-bond acceptors (Lipinski definition) is 4. The van der Waals surface area contributed by atoms with Gasteiger partial charge in [0.15, 0.2) is 15.6 Å². The molecule has 0 bridgehead atoms. The summed E-state index contributed by atoms with van der Waals surface area (Å²) >= 11 is 12.2. The minimum Gasteiger partial charge on any atom is -0.321 e. The van der Waals surface area contributed by atoms with Gasteiger partial charge in [-0.15, -0.1) is 0 Å². The molecule has 8 heteroatoms. The van der Waals surface area contributed by atoms with Crippen LogP contribution in [0, 0.1) is 0 Å². The van der Waals surface area contributed by atoms with E-state index in [0.717, 1.165) is 6.26 Å². The van der Waals surface area contributed by atoms with Crippen LogP contribution in [0.1, 0.15) is 26.3 Å². The highest BCUT2D eigenvalue weighted by atomic mass is 35.5. The van der Waals surface area contributed by atoms with Crippen LogP contribution in [-0.2, 0) is 9.84 Å². The molecule has 1 N–H and O–H groups in total. The van der Waals surface area contributed by atoms with E-state index in [0.29, 0.717) is 5.02 Å². The van der Waals surface area contributed by atoms with E-state index >= 15 is 0 Å². The van der Waals surface area contributed by atoms with Crippen LogP contribution in [0.3, 0.4) is 0 Å². The number of anilines is 1. The molecule has 0 radical (unpaired) electrons. The second-order valence-corrected chi connectivity index (χ2v) is 9.05. The van der Waals surface area contributed by atoms with Gasteiger partial charge < -0.3 is 5.32 Å². The van der Waals surface area contributed by atoms with Crippen molar-refractivity contribution in [3.8, 4) is 0 Å². The van der Waals surface area contributed by atoms with Gasteiger partial charge in [-0.05, 0) is 42.5 Å². The lowest BCUT2D eigenvalue weighted by atomic mass is 10.0. The number of halogens is 2. The van der Waals surface area contributed by atoms with Crippen molar-refractivity contribution in [1.29, 1.82) is 0 Å². The number of sulfone groups is 1. The second kappa shape index (κ2) is 8.37. The molecule has 0 heterocycles. The number of carbonyl (C=O) groups is 2. The van der Waals surface area contributed by atoms with E-state index in [-0.39, 0.29) is 32.3 Å². The number of amides is 1. The van der Waals surface area contributed by atoms with Crippen LogP contribution in [-0.4, -0.2) is 26.4 Å². The quantitative estimate of drug-likeness (QED) is 0.565. The molecule has 0 unspecified atom stereocenters. The molecule has 0 saturated carbocycles. The number of carbonyl (C=O) groups excluding carboxylic acids is 2. The first-order valence-electron chi connectivity index (χ1n) is 8.37. The first kappa shape index (κ1) is 21.0. The average molecular weight is 448 g/mol. The zero-order chi connectivity index (χ0) is 21.2. The van der Waals surface area contributed by atoms with Crippen LogP contribution in [0.4, 0.5) is 5.69 Å². The van der Waals surface area contributed by atoms with E-state index in [9.17, 15) is 18.0 Å². The third-order valence-corrected chi connectivity index (χ3v) is 5.84. The Morgan fingerprint density at radius 1 is 0.828 bits per heavy atom. The molecule has 0 atom stereocenters. The second-order valence-electron chi connectivity index (χ2n) is 6.22. The SMILES string of the molecule is CS(=O)(=O)c1ccccc1C(=O)Nc1ccc(Cl)cc1C(=O)c1ccccc1Cl. The summed E-state index contributed by atoms with van der Waals surface area (Å²) in [5.41, 5.74) is 0.549. The predicted octanol–water partition coefficient (Wildman–Crippen LogP) is 4.88. The molecule has 5 nitrogen and oxygen atoms in total. The van der Waals surface area contributed by atoms with Crippen molar-refractivity contribution >= 4 is 50.4 Å². The molecular formula is C21H15Cl2NO4S. The van der Waals surface area contributed by atoms with Crippen LogP contribution in [0.25, 0.3) is 0 Å². The van der Waals surface area contributed by atoms with E-state index in [1.165, 1.54) is 36.4 Å². The van der Waals surface area contributed by atoms with Gasteiger partial charge in [0.05, 0.1) is 21.2 Å². The van der Waals surface area contributed by atoms with Gasteiger partial charge in [-0.1, -0.05) is 47.5 Å². The molecule has 3 aromatic carbocycles. The third kappa shape index (κ3) is 4.67. The summed E-state index contributed by atoms with van der Waals surface area (Å²) in [6.07, 6.45) is 1.02. The average Bonchev–Trinajstić information content (AvgIpc) is 2.68. The molecular weight excluding hydrogens is 433 g/mol. The lowest BCUT2D eigenvalue weighted by Gasteiger charge is -2.13. The molecule has 0 spiro atoms. The van der Waals surface area contributed by atoms with Crippen molar-refractivity contribution in [3.63, 3.8) is 0 Å².